The van der Waals surface area contributed by atoms with E-state index in [9.17, 15) is 4.79 Å². The lowest BCUT2D eigenvalue weighted by molar-refractivity contribution is -0.121. The fraction of sp³-hybridized carbons (Fsp3) is 0.778. The number of nitrogens with one attached hydrogen (secondary N) is 3. The van der Waals surface area contributed by atoms with E-state index < -0.39 is 0 Å². The highest BCUT2D eigenvalue weighted by molar-refractivity contribution is 14.0. The number of amides is 1. The Labute approximate surface area is 179 Å². The molecule has 1 aliphatic rings. The molecule has 3 N–H and O–H groups in total. The van der Waals surface area contributed by atoms with Crippen molar-refractivity contribution < 1.29 is 4.79 Å². The molecule has 0 saturated heterocycles. The second-order valence-corrected chi connectivity index (χ2v) is 6.69. The van der Waals surface area contributed by atoms with Crippen LogP contribution in [0, 0.1) is 5.92 Å². The summed E-state index contributed by atoms with van der Waals surface area (Å²) in [5.74, 6) is 2.50. The number of hydrogen-bond donors (Lipinski definition) is 3. The van der Waals surface area contributed by atoms with Crippen LogP contribution in [0.25, 0.3) is 0 Å². The SMILES string of the molecule is CCNC(=NCCNC(=O)CC1CCCC1)NCCn1cnnc1CC.I. The zero-order valence-corrected chi connectivity index (χ0v) is 18.9. The molecular weight excluding hydrogens is 457 g/mol. The van der Waals surface area contributed by atoms with Crippen LogP contribution >= 0.6 is 24.0 Å². The van der Waals surface area contributed by atoms with Crippen molar-refractivity contribution in [2.45, 2.75) is 58.9 Å². The number of carbonyl (C=O) groups excluding carboxylic acids is 1. The zero-order valence-electron chi connectivity index (χ0n) is 16.5. The summed E-state index contributed by atoms with van der Waals surface area (Å²) < 4.78 is 2.04. The van der Waals surface area contributed by atoms with E-state index in [1.165, 1.54) is 25.7 Å². The Hall–Kier alpha value is -1.39. The highest BCUT2D eigenvalue weighted by Crippen LogP contribution is 2.27. The minimum absolute atomic E-state index is 0. The van der Waals surface area contributed by atoms with Gasteiger partial charge in [-0.25, -0.2) is 0 Å². The van der Waals surface area contributed by atoms with Gasteiger partial charge in [0.2, 0.25) is 5.91 Å². The second-order valence-electron chi connectivity index (χ2n) is 6.69. The van der Waals surface area contributed by atoms with Gasteiger partial charge < -0.3 is 20.5 Å². The Morgan fingerprint density at radius 3 is 2.70 bits per heavy atom. The van der Waals surface area contributed by atoms with E-state index in [1.54, 1.807) is 6.33 Å². The predicted molar refractivity (Wildman–Crippen MR) is 118 cm³/mol. The van der Waals surface area contributed by atoms with Crippen LogP contribution in [0.2, 0.25) is 0 Å². The van der Waals surface area contributed by atoms with Gasteiger partial charge in [-0.05, 0) is 25.7 Å². The van der Waals surface area contributed by atoms with Crippen molar-refractivity contribution in [3.8, 4) is 0 Å². The molecule has 9 heteroatoms. The second kappa shape index (κ2) is 13.7. The fourth-order valence-corrected chi connectivity index (χ4v) is 3.29. The van der Waals surface area contributed by atoms with Crippen LogP contribution in [0.15, 0.2) is 11.3 Å². The minimum Gasteiger partial charge on any atom is -0.357 e. The number of guanidine groups is 1. The largest absolute Gasteiger partial charge is 0.357 e. The standard InChI is InChI=1S/C18H33N7O.HI/c1-3-16-24-23-14-25(16)12-11-22-18(19-4-2)21-10-9-20-17(26)13-15-7-5-6-8-15;/h14-15H,3-13H2,1-2H3,(H,20,26)(H2,19,21,22);1H. The van der Waals surface area contributed by atoms with Crippen molar-refractivity contribution in [2.75, 3.05) is 26.2 Å². The molecule has 0 spiro atoms. The molecule has 154 valence electrons. The van der Waals surface area contributed by atoms with Gasteiger partial charge in [0.1, 0.15) is 12.2 Å². The smallest absolute Gasteiger partial charge is 0.220 e. The van der Waals surface area contributed by atoms with Crippen LogP contribution in [0.5, 0.6) is 0 Å². The average molecular weight is 491 g/mol. The normalized spacial score (nSPS) is 14.7. The molecule has 1 aromatic heterocycles. The molecule has 0 unspecified atom stereocenters. The summed E-state index contributed by atoms with van der Waals surface area (Å²) >= 11 is 0. The van der Waals surface area contributed by atoms with Gasteiger partial charge in [-0.2, -0.15) is 0 Å². The molecule has 1 fully saturated rings. The lowest BCUT2D eigenvalue weighted by Gasteiger charge is -2.12. The maximum atomic E-state index is 11.9. The molecule has 0 aliphatic heterocycles. The molecule has 27 heavy (non-hydrogen) atoms. The van der Waals surface area contributed by atoms with E-state index >= 15 is 0 Å². The lowest BCUT2D eigenvalue weighted by Crippen LogP contribution is -2.39. The number of rotatable bonds is 10. The maximum Gasteiger partial charge on any atom is 0.220 e. The van der Waals surface area contributed by atoms with E-state index in [1.807, 2.05) is 11.5 Å². The van der Waals surface area contributed by atoms with E-state index in [4.69, 9.17) is 0 Å². The van der Waals surface area contributed by atoms with Gasteiger partial charge in [0, 0.05) is 39.0 Å². The zero-order chi connectivity index (χ0) is 18.6. The monoisotopic (exact) mass is 491 g/mol. The van der Waals surface area contributed by atoms with E-state index in [0.29, 0.717) is 25.4 Å². The number of hydrogen-bond acceptors (Lipinski definition) is 4. The Kier molecular flexibility index (Phi) is 12.0. The number of carbonyl (C=O) groups is 1. The summed E-state index contributed by atoms with van der Waals surface area (Å²) in [5.41, 5.74) is 0. The van der Waals surface area contributed by atoms with Crippen molar-refractivity contribution in [3.05, 3.63) is 12.2 Å². The summed E-state index contributed by atoms with van der Waals surface area (Å²) in [6.45, 7) is 7.58. The Bertz CT molecular complexity index is 570. The topological polar surface area (TPSA) is 96.2 Å². The Morgan fingerprint density at radius 1 is 1.22 bits per heavy atom. The first-order valence-electron chi connectivity index (χ1n) is 9.88. The van der Waals surface area contributed by atoms with Crippen LogP contribution in [-0.4, -0.2) is 52.8 Å². The summed E-state index contributed by atoms with van der Waals surface area (Å²) in [4.78, 5) is 16.4. The number of aliphatic imine (C=N–C) groups is 1. The quantitative estimate of drug-likeness (QED) is 0.201. The maximum absolute atomic E-state index is 11.9. The molecule has 8 nitrogen and oxygen atoms in total. The van der Waals surface area contributed by atoms with Gasteiger partial charge in [0.05, 0.1) is 6.54 Å². The van der Waals surface area contributed by atoms with Crippen LogP contribution in [0.1, 0.15) is 51.8 Å². The molecular formula is C18H34IN7O. The molecule has 0 atom stereocenters. The van der Waals surface area contributed by atoms with E-state index in [-0.39, 0.29) is 29.9 Å². The fourth-order valence-electron chi connectivity index (χ4n) is 3.29. The molecule has 0 bridgehead atoms. The molecule has 1 saturated carbocycles. The molecule has 0 aromatic carbocycles. The molecule has 0 radical (unpaired) electrons. The third-order valence-electron chi connectivity index (χ3n) is 4.65. The average Bonchev–Trinajstić information content (AvgIpc) is 3.30. The molecule has 2 rings (SSSR count). The highest BCUT2D eigenvalue weighted by Gasteiger charge is 2.17. The number of nitrogens with zero attached hydrogens (tertiary/aromatic N) is 4. The van der Waals surface area contributed by atoms with E-state index in [0.717, 1.165) is 37.8 Å². The number of aromatic nitrogens is 3. The van der Waals surface area contributed by atoms with Gasteiger partial charge in [-0.3, -0.25) is 9.79 Å². The van der Waals surface area contributed by atoms with Crippen molar-refractivity contribution >= 4 is 35.8 Å². The van der Waals surface area contributed by atoms with Crippen LogP contribution in [0.3, 0.4) is 0 Å². The predicted octanol–water partition coefficient (Wildman–Crippen LogP) is 1.71. The van der Waals surface area contributed by atoms with Crippen molar-refractivity contribution in [1.29, 1.82) is 0 Å². The van der Waals surface area contributed by atoms with Crippen molar-refractivity contribution in [2.24, 2.45) is 10.9 Å². The third kappa shape index (κ3) is 8.89. The van der Waals surface area contributed by atoms with Crippen LogP contribution < -0.4 is 16.0 Å². The minimum atomic E-state index is 0. The Morgan fingerprint density at radius 2 is 2.00 bits per heavy atom. The van der Waals surface area contributed by atoms with E-state index in [2.05, 4.69) is 38.1 Å². The summed E-state index contributed by atoms with van der Waals surface area (Å²) in [6, 6.07) is 0. The molecule has 1 aliphatic carbocycles. The van der Waals surface area contributed by atoms with Crippen LogP contribution in [0.4, 0.5) is 0 Å². The summed E-state index contributed by atoms with van der Waals surface area (Å²) in [5, 5.41) is 17.5. The van der Waals surface area contributed by atoms with Crippen molar-refractivity contribution in [3.63, 3.8) is 0 Å². The molecule has 1 aromatic rings. The first-order chi connectivity index (χ1) is 12.7. The lowest BCUT2D eigenvalue weighted by atomic mass is 10.0. The van der Waals surface area contributed by atoms with Gasteiger partial charge >= 0.3 is 0 Å². The molecule has 1 heterocycles. The third-order valence-corrected chi connectivity index (χ3v) is 4.65. The van der Waals surface area contributed by atoms with Crippen molar-refractivity contribution in [1.82, 2.24) is 30.7 Å². The van der Waals surface area contributed by atoms with Gasteiger partial charge in [0.15, 0.2) is 5.96 Å². The first kappa shape index (κ1) is 23.6. The van der Waals surface area contributed by atoms with Gasteiger partial charge in [-0.15, -0.1) is 34.2 Å². The summed E-state index contributed by atoms with van der Waals surface area (Å²) in [7, 11) is 0. The number of aryl methyl sites for hydroxylation is 1. The first-order valence-corrected chi connectivity index (χ1v) is 9.88. The highest BCUT2D eigenvalue weighted by atomic mass is 127. The van der Waals surface area contributed by atoms with Gasteiger partial charge in [0.25, 0.3) is 0 Å². The van der Waals surface area contributed by atoms with Crippen LogP contribution in [-0.2, 0) is 17.8 Å². The Balaban J connectivity index is 0.00000364. The number of halogens is 1. The molecule has 1 amide bonds. The van der Waals surface area contributed by atoms with Gasteiger partial charge in [-0.1, -0.05) is 19.8 Å². The summed E-state index contributed by atoms with van der Waals surface area (Å²) in [6.07, 6.45) is 8.24.